The molecule has 1 aromatic carbocycles. The molecule has 6 heteroatoms. The van der Waals surface area contributed by atoms with Gasteiger partial charge in [-0.3, -0.25) is 4.99 Å². The first kappa shape index (κ1) is 12.5. The molecule has 1 aromatic heterocycles. The van der Waals surface area contributed by atoms with Crippen LogP contribution in [0.1, 0.15) is 5.56 Å². The molecule has 0 aliphatic carbocycles. The van der Waals surface area contributed by atoms with Gasteiger partial charge in [-0.1, -0.05) is 6.07 Å². The maximum atomic E-state index is 13.6. The smallest absolute Gasteiger partial charge is 0.239 e. The molecule has 1 aliphatic heterocycles. The van der Waals surface area contributed by atoms with E-state index in [0.29, 0.717) is 40.3 Å². The molecule has 102 valence electrons. The van der Waals surface area contributed by atoms with Crippen LogP contribution in [-0.2, 0) is 0 Å². The maximum Gasteiger partial charge on any atom is 0.239 e. The molecule has 0 fully saturated rings. The molecule has 0 amide bonds. The van der Waals surface area contributed by atoms with Crippen molar-refractivity contribution in [2.45, 2.75) is 6.92 Å². The van der Waals surface area contributed by atoms with Crippen molar-refractivity contribution in [3.05, 3.63) is 46.5 Å². The molecule has 0 saturated carbocycles. The average Bonchev–Trinajstić information content (AvgIpc) is 2.89. The quantitative estimate of drug-likeness (QED) is 0.921. The number of nitrogens with one attached hydrogen (secondary N) is 1. The van der Waals surface area contributed by atoms with Gasteiger partial charge in [-0.2, -0.15) is 4.98 Å². The maximum absolute atomic E-state index is 13.6. The highest BCUT2D eigenvalue weighted by molar-refractivity contribution is 5.64. The van der Waals surface area contributed by atoms with Gasteiger partial charge in [0, 0.05) is 5.69 Å². The van der Waals surface area contributed by atoms with Crippen LogP contribution >= 0.6 is 0 Å². The Morgan fingerprint density at radius 2 is 2.10 bits per heavy atom. The number of hydrogen-bond acceptors (Lipinski definition) is 5. The summed E-state index contributed by atoms with van der Waals surface area (Å²) >= 11 is 0. The van der Waals surface area contributed by atoms with Crippen molar-refractivity contribution in [3.63, 3.8) is 0 Å². The molecule has 20 heavy (non-hydrogen) atoms. The number of methoxy groups -OCH3 is 1. The number of ether oxygens (including phenoxy) is 1. The fourth-order valence-electron chi connectivity index (χ4n) is 1.96. The van der Waals surface area contributed by atoms with Gasteiger partial charge in [0.25, 0.3) is 0 Å². The zero-order valence-corrected chi connectivity index (χ0v) is 11.1. The normalized spacial score (nSPS) is 12.3. The summed E-state index contributed by atoms with van der Waals surface area (Å²) in [7, 11) is 1.53. The SMILES string of the molecule is COc1nc2c(cc1Nc1ccc(C)c(F)c1)=NCN=2. The largest absolute Gasteiger partial charge is 0.479 e. The highest BCUT2D eigenvalue weighted by Crippen LogP contribution is 2.24. The Morgan fingerprint density at radius 3 is 2.85 bits per heavy atom. The van der Waals surface area contributed by atoms with E-state index in [0.717, 1.165) is 0 Å². The molecule has 3 rings (SSSR count). The summed E-state index contributed by atoms with van der Waals surface area (Å²) in [6.45, 7) is 2.10. The van der Waals surface area contributed by atoms with Crippen molar-refractivity contribution in [1.29, 1.82) is 0 Å². The van der Waals surface area contributed by atoms with Crippen LogP contribution in [0.15, 0.2) is 34.3 Å². The third-order valence-electron chi connectivity index (χ3n) is 3.05. The molecule has 2 heterocycles. The van der Waals surface area contributed by atoms with Crippen LogP contribution in [0.2, 0.25) is 0 Å². The Hall–Kier alpha value is -2.50. The van der Waals surface area contributed by atoms with Gasteiger partial charge in [0.15, 0.2) is 5.49 Å². The molecule has 0 radical (unpaired) electrons. The van der Waals surface area contributed by atoms with Gasteiger partial charge in [-0.05, 0) is 30.7 Å². The minimum atomic E-state index is -0.261. The van der Waals surface area contributed by atoms with Gasteiger partial charge in [-0.15, -0.1) is 0 Å². The molecule has 0 saturated heterocycles. The van der Waals surface area contributed by atoms with Gasteiger partial charge >= 0.3 is 0 Å². The van der Waals surface area contributed by atoms with E-state index in [2.05, 4.69) is 20.3 Å². The van der Waals surface area contributed by atoms with E-state index in [-0.39, 0.29) is 5.82 Å². The fourth-order valence-corrected chi connectivity index (χ4v) is 1.96. The Kier molecular flexibility index (Phi) is 3.06. The van der Waals surface area contributed by atoms with Crippen LogP contribution in [0.5, 0.6) is 5.88 Å². The lowest BCUT2D eigenvalue weighted by molar-refractivity contribution is 0.398. The Labute approximate surface area is 114 Å². The second-order valence-corrected chi connectivity index (χ2v) is 4.43. The molecule has 1 N–H and O–H groups in total. The number of hydrogen-bond donors (Lipinski definition) is 1. The van der Waals surface area contributed by atoms with E-state index in [4.69, 9.17) is 4.74 Å². The van der Waals surface area contributed by atoms with E-state index >= 15 is 0 Å². The Morgan fingerprint density at radius 1 is 1.25 bits per heavy atom. The second kappa shape index (κ2) is 4.88. The lowest BCUT2D eigenvalue weighted by Gasteiger charge is -2.10. The van der Waals surface area contributed by atoms with Crippen molar-refractivity contribution in [2.75, 3.05) is 19.1 Å². The van der Waals surface area contributed by atoms with Crippen molar-refractivity contribution >= 4 is 11.4 Å². The molecule has 0 bridgehead atoms. The number of fused-ring (bicyclic) bond motifs is 1. The summed E-state index contributed by atoms with van der Waals surface area (Å²) in [6.07, 6.45) is 0. The summed E-state index contributed by atoms with van der Waals surface area (Å²) in [5.74, 6) is 0.147. The number of aryl methyl sites for hydroxylation is 1. The molecule has 0 spiro atoms. The van der Waals surface area contributed by atoms with Crippen LogP contribution < -0.4 is 20.9 Å². The highest BCUT2D eigenvalue weighted by atomic mass is 19.1. The van der Waals surface area contributed by atoms with E-state index in [9.17, 15) is 4.39 Å². The van der Waals surface area contributed by atoms with Crippen LogP contribution in [0, 0.1) is 12.7 Å². The number of benzene rings is 1. The first-order valence-electron chi connectivity index (χ1n) is 6.14. The van der Waals surface area contributed by atoms with Gasteiger partial charge < -0.3 is 10.1 Å². The fraction of sp³-hybridized carbons (Fsp3) is 0.214. The van der Waals surface area contributed by atoms with Gasteiger partial charge in [0.1, 0.15) is 23.5 Å². The van der Waals surface area contributed by atoms with Crippen LogP contribution in [0.4, 0.5) is 15.8 Å². The number of aromatic nitrogens is 1. The predicted octanol–water partition coefficient (Wildman–Crippen LogP) is 1.49. The second-order valence-electron chi connectivity index (χ2n) is 4.43. The minimum Gasteiger partial charge on any atom is -0.479 e. The molecule has 2 aromatic rings. The molecule has 1 aliphatic rings. The lowest BCUT2D eigenvalue weighted by atomic mass is 10.2. The van der Waals surface area contributed by atoms with Crippen molar-refractivity contribution in [1.82, 2.24) is 4.98 Å². The lowest BCUT2D eigenvalue weighted by Crippen LogP contribution is -2.26. The number of pyridine rings is 1. The molecule has 0 unspecified atom stereocenters. The van der Waals surface area contributed by atoms with E-state index in [1.54, 1.807) is 25.1 Å². The summed E-state index contributed by atoms with van der Waals surface area (Å²) in [6, 6.07) is 6.75. The highest BCUT2D eigenvalue weighted by Gasteiger charge is 2.10. The van der Waals surface area contributed by atoms with E-state index in [1.807, 2.05) is 0 Å². The molecule has 5 nitrogen and oxygen atoms in total. The van der Waals surface area contributed by atoms with Gasteiger partial charge in [0.05, 0.1) is 7.11 Å². The zero-order valence-electron chi connectivity index (χ0n) is 11.1. The first-order chi connectivity index (χ1) is 9.67. The van der Waals surface area contributed by atoms with Crippen LogP contribution in [0.25, 0.3) is 0 Å². The number of anilines is 2. The monoisotopic (exact) mass is 272 g/mol. The third kappa shape index (κ3) is 2.20. The summed E-state index contributed by atoms with van der Waals surface area (Å²) in [5.41, 5.74) is 2.43. The van der Waals surface area contributed by atoms with Crippen LogP contribution in [0.3, 0.4) is 0 Å². The van der Waals surface area contributed by atoms with Gasteiger partial charge in [0.2, 0.25) is 5.88 Å². The third-order valence-corrected chi connectivity index (χ3v) is 3.05. The summed E-state index contributed by atoms with van der Waals surface area (Å²) < 4.78 is 18.8. The summed E-state index contributed by atoms with van der Waals surface area (Å²) in [5, 5.41) is 3.80. The number of nitrogens with zero attached hydrogens (tertiary/aromatic N) is 3. The predicted molar refractivity (Wildman–Crippen MR) is 72.4 cm³/mol. The molecular weight excluding hydrogens is 259 g/mol. The van der Waals surface area contributed by atoms with E-state index < -0.39 is 0 Å². The minimum absolute atomic E-state index is 0.261. The zero-order chi connectivity index (χ0) is 14.1. The van der Waals surface area contributed by atoms with Crippen molar-refractivity contribution < 1.29 is 9.13 Å². The number of halogens is 1. The van der Waals surface area contributed by atoms with Crippen molar-refractivity contribution in [3.8, 4) is 5.88 Å². The Balaban J connectivity index is 2.02. The van der Waals surface area contributed by atoms with Crippen LogP contribution in [-0.4, -0.2) is 18.8 Å². The standard InChI is InChI=1S/C14H13FN4O/c1-8-3-4-9(5-10(8)15)18-12-6-11-13(17-7-16-11)19-14(12)20-2/h3-6,18H,7H2,1-2H3. The summed E-state index contributed by atoms with van der Waals surface area (Å²) in [4.78, 5) is 12.6. The first-order valence-corrected chi connectivity index (χ1v) is 6.14. The molecular formula is C14H13FN4O. The Bertz CT molecular complexity index is 788. The van der Waals surface area contributed by atoms with Crippen molar-refractivity contribution in [2.24, 2.45) is 9.98 Å². The number of rotatable bonds is 3. The van der Waals surface area contributed by atoms with Gasteiger partial charge in [-0.25, -0.2) is 9.38 Å². The topological polar surface area (TPSA) is 58.9 Å². The average molecular weight is 272 g/mol. The van der Waals surface area contributed by atoms with E-state index in [1.165, 1.54) is 13.2 Å². The molecule has 0 atom stereocenters.